The number of carbonyl (C=O) groups is 1. The SMILES string of the molecule is O=C1[C@H](CC[C@H](O)c2ccc(F)cc2)[C@@H](c2ccc(CO)cc2O)N1c1ccc(F)cc1. The monoisotopic (exact) mass is 439 g/mol. The van der Waals surface area contributed by atoms with Gasteiger partial charge in [-0.2, -0.15) is 0 Å². The normalized spacial score (nSPS) is 19.0. The van der Waals surface area contributed by atoms with Gasteiger partial charge in [-0.3, -0.25) is 4.79 Å². The standard InChI is InChI=1S/C25H23F2NO4/c26-17-4-2-16(3-5-17)22(30)12-11-21-24(20-10-1-15(14-29)13-23(20)31)28(25(21)32)19-8-6-18(27)7-9-19/h1-10,13,21-22,24,29-31H,11-12,14H2/t21-,22+,24-/m1/s1. The molecule has 0 bridgehead atoms. The number of β-lactam (4-membered cyclic amide) rings is 1. The summed E-state index contributed by atoms with van der Waals surface area (Å²) in [5.41, 5.74) is 2.10. The van der Waals surface area contributed by atoms with Crippen molar-refractivity contribution in [2.75, 3.05) is 4.90 Å². The molecule has 1 amide bonds. The molecule has 3 atom stereocenters. The molecular weight excluding hydrogens is 416 g/mol. The van der Waals surface area contributed by atoms with Crippen LogP contribution in [0.5, 0.6) is 5.75 Å². The third-order valence-electron chi connectivity index (χ3n) is 5.92. The molecule has 1 saturated heterocycles. The lowest BCUT2D eigenvalue weighted by Gasteiger charge is -2.48. The van der Waals surface area contributed by atoms with Crippen molar-refractivity contribution in [3.63, 3.8) is 0 Å². The Kier molecular flexibility index (Phi) is 6.21. The predicted molar refractivity (Wildman–Crippen MR) is 115 cm³/mol. The van der Waals surface area contributed by atoms with Gasteiger partial charge in [0.2, 0.25) is 5.91 Å². The van der Waals surface area contributed by atoms with Crippen molar-refractivity contribution in [1.82, 2.24) is 0 Å². The lowest BCUT2D eigenvalue weighted by Crippen LogP contribution is -2.55. The first-order chi connectivity index (χ1) is 15.4. The summed E-state index contributed by atoms with van der Waals surface area (Å²) >= 11 is 0. The Morgan fingerprint density at radius 1 is 0.938 bits per heavy atom. The molecule has 0 unspecified atom stereocenters. The Hall–Kier alpha value is -3.29. The lowest BCUT2D eigenvalue weighted by molar-refractivity contribution is -0.131. The molecule has 3 aromatic rings. The molecule has 0 radical (unpaired) electrons. The highest BCUT2D eigenvalue weighted by Crippen LogP contribution is 2.48. The molecular formula is C25H23F2NO4. The van der Waals surface area contributed by atoms with E-state index in [1.165, 1.54) is 59.5 Å². The number of benzene rings is 3. The van der Waals surface area contributed by atoms with Crippen LogP contribution < -0.4 is 4.90 Å². The van der Waals surface area contributed by atoms with Crippen LogP contribution in [0.25, 0.3) is 0 Å². The number of halogens is 2. The molecule has 4 rings (SSSR count). The summed E-state index contributed by atoms with van der Waals surface area (Å²) < 4.78 is 26.5. The number of carbonyl (C=O) groups excluding carboxylic acids is 1. The van der Waals surface area contributed by atoms with E-state index in [0.29, 0.717) is 28.8 Å². The maximum atomic E-state index is 13.4. The van der Waals surface area contributed by atoms with E-state index in [1.807, 2.05) is 0 Å². The molecule has 3 N–H and O–H groups in total. The summed E-state index contributed by atoms with van der Waals surface area (Å²) in [4.78, 5) is 14.5. The predicted octanol–water partition coefficient (Wildman–Crippen LogP) is 4.38. The molecule has 7 heteroatoms. The second-order valence-electron chi connectivity index (χ2n) is 7.93. The number of phenolic OH excluding ortho intramolecular Hbond substituents is 1. The number of rotatable bonds is 7. The number of anilines is 1. The van der Waals surface area contributed by atoms with Gasteiger partial charge in [-0.1, -0.05) is 24.3 Å². The van der Waals surface area contributed by atoms with Crippen molar-refractivity contribution >= 4 is 11.6 Å². The van der Waals surface area contributed by atoms with Crippen LogP contribution in [0.4, 0.5) is 14.5 Å². The zero-order chi connectivity index (χ0) is 22.8. The van der Waals surface area contributed by atoms with Gasteiger partial charge in [-0.05, 0) is 66.4 Å². The number of hydrogen-bond acceptors (Lipinski definition) is 4. The lowest BCUT2D eigenvalue weighted by atomic mass is 9.77. The van der Waals surface area contributed by atoms with Gasteiger partial charge in [0.15, 0.2) is 0 Å². The Balaban J connectivity index is 1.59. The van der Waals surface area contributed by atoms with E-state index in [4.69, 9.17) is 0 Å². The number of aliphatic hydroxyl groups is 2. The van der Waals surface area contributed by atoms with E-state index < -0.39 is 29.7 Å². The fraction of sp³-hybridized carbons (Fsp3) is 0.240. The van der Waals surface area contributed by atoms with Crippen LogP contribution in [-0.4, -0.2) is 21.2 Å². The van der Waals surface area contributed by atoms with Gasteiger partial charge in [0.05, 0.1) is 24.7 Å². The first-order valence-electron chi connectivity index (χ1n) is 10.3. The van der Waals surface area contributed by atoms with Gasteiger partial charge >= 0.3 is 0 Å². The van der Waals surface area contributed by atoms with Gasteiger partial charge in [0, 0.05) is 11.3 Å². The minimum Gasteiger partial charge on any atom is -0.508 e. The summed E-state index contributed by atoms with van der Waals surface area (Å²) in [7, 11) is 0. The number of aromatic hydroxyl groups is 1. The van der Waals surface area contributed by atoms with Crippen molar-refractivity contribution in [2.24, 2.45) is 5.92 Å². The Bertz CT molecular complexity index is 1100. The van der Waals surface area contributed by atoms with Crippen molar-refractivity contribution in [3.05, 3.63) is 95.1 Å². The van der Waals surface area contributed by atoms with E-state index in [-0.39, 0.29) is 24.7 Å². The number of amides is 1. The Morgan fingerprint density at radius 3 is 2.16 bits per heavy atom. The molecule has 1 heterocycles. The summed E-state index contributed by atoms with van der Waals surface area (Å²) in [5, 5.41) is 30.4. The molecule has 1 aliphatic heterocycles. The molecule has 0 aromatic heterocycles. The van der Waals surface area contributed by atoms with Crippen LogP contribution in [0.15, 0.2) is 66.7 Å². The highest BCUT2D eigenvalue weighted by Gasteiger charge is 2.49. The molecule has 5 nitrogen and oxygen atoms in total. The Labute approximate surface area is 184 Å². The second kappa shape index (κ2) is 9.06. The highest BCUT2D eigenvalue weighted by molar-refractivity contribution is 6.03. The second-order valence-corrected chi connectivity index (χ2v) is 7.93. The van der Waals surface area contributed by atoms with Crippen molar-refractivity contribution in [3.8, 4) is 5.75 Å². The smallest absolute Gasteiger partial charge is 0.233 e. The zero-order valence-corrected chi connectivity index (χ0v) is 17.2. The van der Waals surface area contributed by atoms with Crippen LogP contribution >= 0.6 is 0 Å². The molecule has 1 aliphatic rings. The first-order valence-corrected chi connectivity index (χ1v) is 10.3. The van der Waals surface area contributed by atoms with E-state index in [9.17, 15) is 28.9 Å². The minimum atomic E-state index is -0.866. The van der Waals surface area contributed by atoms with E-state index in [2.05, 4.69) is 0 Å². The molecule has 0 aliphatic carbocycles. The van der Waals surface area contributed by atoms with E-state index in [1.54, 1.807) is 12.1 Å². The van der Waals surface area contributed by atoms with Crippen molar-refractivity contribution in [2.45, 2.75) is 31.6 Å². The van der Waals surface area contributed by atoms with Gasteiger partial charge in [-0.25, -0.2) is 8.78 Å². The average molecular weight is 439 g/mol. The Morgan fingerprint density at radius 2 is 1.56 bits per heavy atom. The average Bonchev–Trinajstić information content (AvgIpc) is 2.79. The topological polar surface area (TPSA) is 81.0 Å². The number of nitrogens with zero attached hydrogens (tertiary/aromatic N) is 1. The van der Waals surface area contributed by atoms with Crippen LogP contribution in [-0.2, 0) is 11.4 Å². The largest absolute Gasteiger partial charge is 0.508 e. The van der Waals surface area contributed by atoms with Crippen LogP contribution in [0, 0.1) is 17.6 Å². The number of phenols is 1. The van der Waals surface area contributed by atoms with E-state index in [0.717, 1.165) is 0 Å². The third-order valence-corrected chi connectivity index (χ3v) is 5.92. The minimum absolute atomic E-state index is 0.0507. The summed E-state index contributed by atoms with van der Waals surface area (Å²) in [5.74, 6) is -1.58. The number of aliphatic hydroxyl groups excluding tert-OH is 2. The van der Waals surface area contributed by atoms with Crippen LogP contribution in [0.2, 0.25) is 0 Å². The number of hydrogen-bond donors (Lipinski definition) is 3. The maximum absolute atomic E-state index is 13.4. The molecule has 1 fully saturated rings. The molecule has 166 valence electrons. The van der Waals surface area contributed by atoms with Crippen LogP contribution in [0.3, 0.4) is 0 Å². The fourth-order valence-electron chi connectivity index (χ4n) is 4.20. The molecule has 0 saturated carbocycles. The van der Waals surface area contributed by atoms with Gasteiger partial charge in [-0.15, -0.1) is 0 Å². The molecule has 32 heavy (non-hydrogen) atoms. The zero-order valence-electron chi connectivity index (χ0n) is 17.2. The highest BCUT2D eigenvalue weighted by atomic mass is 19.1. The quantitative estimate of drug-likeness (QED) is 0.477. The summed E-state index contributed by atoms with van der Waals surface area (Å²) in [6.45, 7) is -0.230. The van der Waals surface area contributed by atoms with Crippen molar-refractivity contribution < 1.29 is 28.9 Å². The first kappa shape index (κ1) is 21.9. The molecule has 0 spiro atoms. The third kappa shape index (κ3) is 4.22. The van der Waals surface area contributed by atoms with Crippen LogP contribution in [0.1, 0.15) is 41.7 Å². The van der Waals surface area contributed by atoms with E-state index >= 15 is 0 Å². The summed E-state index contributed by atoms with van der Waals surface area (Å²) in [6, 6.07) is 15.4. The van der Waals surface area contributed by atoms with Gasteiger partial charge in [0.1, 0.15) is 17.4 Å². The molecule has 3 aromatic carbocycles. The fourth-order valence-corrected chi connectivity index (χ4v) is 4.20. The summed E-state index contributed by atoms with van der Waals surface area (Å²) in [6.07, 6.45) is -0.263. The van der Waals surface area contributed by atoms with Gasteiger partial charge in [0.25, 0.3) is 0 Å². The van der Waals surface area contributed by atoms with Gasteiger partial charge < -0.3 is 20.2 Å². The maximum Gasteiger partial charge on any atom is 0.233 e. The van der Waals surface area contributed by atoms with Crippen molar-refractivity contribution in [1.29, 1.82) is 0 Å².